The number of hydrogen-bond donors (Lipinski definition) is 2. The molecule has 0 aromatic rings. The molecule has 5 nitrogen and oxygen atoms in total. The Balaban J connectivity index is 2.56. The van der Waals surface area contributed by atoms with Crippen LogP contribution in [0.3, 0.4) is 0 Å². The second-order valence-electron chi connectivity index (χ2n) is 4.18. The first kappa shape index (κ1) is 12.0. The summed E-state index contributed by atoms with van der Waals surface area (Å²) in [4.78, 5) is 26.6. The number of nitrogens with one attached hydrogen (secondary N) is 1. The Morgan fingerprint density at radius 3 is 2.40 bits per heavy atom. The molecule has 15 heavy (non-hydrogen) atoms. The molecule has 0 unspecified atom stereocenters. The van der Waals surface area contributed by atoms with Gasteiger partial charge in [-0.3, -0.25) is 14.4 Å². The van der Waals surface area contributed by atoms with Crippen molar-refractivity contribution in [3.63, 3.8) is 0 Å². The second kappa shape index (κ2) is 5.11. The van der Waals surface area contributed by atoms with E-state index >= 15 is 0 Å². The summed E-state index contributed by atoms with van der Waals surface area (Å²) < 4.78 is 0. The Hall–Kier alpha value is -1.10. The van der Waals surface area contributed by atoms with Crippen LogP contribution in [0.25, 0.3) is 0 Å². The largest absolute Gasteiger partial charge is 0.481 e. The first-order valence-corrected chi connectivity index (χ1v) is 5.12. The number of hydroxylamine groups is 1. The van der Waals surface area contributed by atoms with Gasteiger partial charge in [0.25, 0.3) is 0 Å². The summed E-state index contributed by atoms with van der Waals surface area (Å²) in [5.41, 5.74) is 1.89. The molecule has 1 amide bonds. The molecule has 86 valence electrons. The third kappa shape index (κ3) is 3.51. The van der Waals surface area contributed by atoms with E-state index in [4.69, 9.17) is 5.11 Å². The van der Waals surface area contributed by atoms with E-state index in [-0.39, 0.29) is 24.2 Å². The number of carboxylic acid groups (broad SMARTS) is 1. The fourth-order valence-corrected chi connectivity index (χ4v) is 2.35. The average molecular weight is 215 g/mol. The van der Waals surface area contributed by atoms with E-state index in [2.05, 4.69) is 10.3 Å². The Morgan fingerprint density at radius 1 is 1.33 bits per heavy atom. The van der Waals surface area contributed by atoms with Crippen molar-refractivity contribution in [3.05, 3.63) is 0 Å². The lowest BCUT2D eigenvalue weighted by molar-refractivity contribution is -0.141. The van der Waals surface area contributed by atoms with Crippen molar-refractivity contribution in [1.82, 2.24) is 5.48 Å². The minimum Gasteiger partial charge on any atom is -0.481 e. The van der Waals surface area contributed by atoms with E-state index in [1.807, 2.05) is 0 Å². The summed E-state index contributed by atoms with van der Waals surface area (Å²) in [6, 6.07) is 0. The highest BCUT2D eigenvalue weighted by molar-refractivity contribution is 5.77. The molecule has 0 bridgehead atoms. The fourth-order valence-electron chi connectivity index (χ4n) is 2.35. The normalized spacial score (nSPS) is 18.7. The lowest BCUT2D eigenvalue weighted by Gasteiger charge is -2.25. The topological polar surface area (TPSA) is 75.6 Å². The summed E-state index contributed by atoms with van der Waals surface area (Å²) in [6.07, 6.45) is 3.96. The van der Waals surface area contributed by atoms with Crippen molar-refractivity contribution in [1.29, 1.82) is 0 Å². The number of hydrogen-bond acceptors (Lipinski definition) is 3. The van der Waals surface area contributed by atoms with Crippen molar-refractivity contribution in [2.24, 2.45) is 5.41 Å². The maximum atomic E-state index is 11.4. The highest BCUT2D eigenvalue weighted by Crippen LogP contribution is 2.43. The zero-order chi connectivity index (χ0) is 11.3. The minimum absolute atomic E-state index is 0.0735. The van der Waals surface area contributed by atoms with Crippen LogP contribution in [0.15, 0.2) is 0 Å². The molecule has 0 aliphatic heterocycles. The van der Waals surface area contributed by atoms with E-state index in [1.54, 1.807) is 0 Å². The van der Waals surface area contributed by atoms with Crippen molar-refractivity contribution in [2.45, 2.75) is 38.5 Å². The monoisotopic (exact) mass is 215 g/mol. The molecule has 0 saturated heterocycles. The molecule has 0 atom stereocenters. The summed E-state index contributed by atoms with van der Waals surface area (Å²) in [7, 11) is 1.37. The average Bonchev–Trinajstić information content (AvgIpc) is 2.51. The molecule has 0 radical (unpaired) electrons. The third-order valence-electron chi connectivity index (χ3n) is 2.94. The zero-order valence-electron chi connectivity index (χ0n) is 8.91. The van der Waals surface area contributed by atoms with E-state index in [1.165, 1.54) is 7.11 Å². The Morgan fingerprint density at radius 2 is 1.93 bits per heavy atom. The lowest BCUT2D eigenvalue weighted by atomic mass is 9.79. The number of rotatable bonds is 5. The molecule has 1 aliphatic rings. The quantitative estimate of drug-likeness (QED) is 0.673. The summed E-state index contributed by atoms with van der Waals surface area (Å²) >= 11 is 0. The first-order valence-electron chi connectivity index (χ1n) is 5.12. The van der Waals surface area contributed by atoms with Gasteiger partial charge in [-0.15, -0.1) is 0 Å². The third-order valence-corrected chi connectivity index (χ3v) is 2.94. The van der Waals surface area contributed by atoms with E-state index in [9.17, 15) is 9.59 Å². The molecule has 0 aromatic heterocycles. The fraction of sp³-hybridized carbons (Fsp3) is 0.800. The maximum absolute atomic E-state index is 11.4. The van der Waals surface area contributed by atoms with Crippen LogP contribution >= 0.6 is 0 Å². The molecule has 5 heteroatoms. The van der Waals surface area contributed by atoms with Gasteiger partial charge in [0.1, 0.15) is 0 Å². The van der Waals surface area contributed by atoms with Crippen molar-refractivity contribution >= 4 is 11.9 Å². The lowest BCUT2D eigenvalue weighted by Crippen LogP contribution is -2.31. The van der Waals surface area contributed by atoms with Crippen LogP contribution in [0.2, 0.25) is 0 Å². The second-order valence-corrected chi connectivity index (χ2v) is 4.18. The number of carbonyl (C=O) groups is 2. The van der Waals surface area contributed by atoms with Crippen molar-refractivity contribution in [2.75, 3.05) is 7.11 Å². The van der Waals surface area contributed by atoms with E-state index in [0.717, 1.165) is 25.7 Å². The van der Waals surface area contributed by atoms with Gasteiger partial charge in [0.05, 0.1) is 13.5 Å². The van der Waals surface area contributed by atoms with E-state index < -0.39 is 5.97 Å². The van der Waals surface area contributed by atoms with Crippen LogP contribution < -0.4 is 5.48 Å². The number of amides is 1. The van der Waals surface area contributed by atoms with Crippen LogP contribution in [0, 0.1) is 5.41 Å². The smallest absolute Gasteiger partial charge is 0.303 e. The predicted molar refractivity (Wildman–Crippen MR) is 52.9 cm³/mol. The van der Waals surface area contributed by atoms with Gasteiger partial charge in [0.15, 0.2) is 0 Å². The maximum Gasteiger partial charge on any atom is 0.303 e. The standard InChI is InChI=1S/C10H17NO4/c1-15-11-8(12)6-10(7-9(13)14)4-2-3-5-10/h2-7H2,1H3,(H,11,12)(H,13,14). The van der Waals surface area contributed by atoms with Gasteiger partial charge >= 0.3 is 5.97 Å². The molecule has 1 fully saturated rings. The zero-order valence-corrected chi connectivity index (χ0v) is 8.91. The van der Waals surface area contributed by atoms with Crippen LogP contribution in [0.1, 0.15) is 38.5 Å². The summed E-state index contributed by atoms with van der Waals surface area (Å²) in [6.45, 7) is 0. The molecule has 1 rings (SSSR count). The highest BCUT2D eigenvalue weighted by atomic mass is 16.6. The molecular formula is C10H17NO4. The van der Waals surface area contributed by atoms with Gasteiger partial charge in [-0.1, -0.05) is 12.8 Å². The van der Waals surface area contributed by atoms with Gasteiger partial charge in [-0.2, -0.15) is 0 Å². The van der Waals surface area contributed by atoms with Crippen molar-refractivity contribution in [3.8, 4) is 0 Å². The van der Waals surface area contributed by atoms with E-state index in [0.29, 0.717) is 0 Å². The predicted octanol–water partition coefficient (Wildman–Crippen LogP) is 1.09. The molecule has 0 spiro atoms. The van der Waals surface area contributed by atoms with Gasteiger partial charge in [0, 0.05) is 6.42 Å². The molecule has 1 saturated carbocycles. The minimum atomic E-state index is -0.831. The molecule has 1 aliphatic carbocycles. The van der Waals surface area contributed by atoms with Gasteiger partial charge in [-0.25, -0.2) is 5.48 Å². The Kier molecular flexibility index (Phi) is 4.08. The summed E-state index contributed by atoms with van der Waals surface area (Å²) in [5, 5.41) is 8.82. The van der Waals surface area contributed by atoms with Crippen LogP contribution in [0.5, 0.6) is 0 Å². The van der Waals surface area contributed by atoms with Crippen LogP contribution in [0.4, 0.5) is 0 Å². The molecule has 0 heterocycles. The van der Waals surface area contributed by atoms with Gasteiger partial charge < -0.3 is 5.11 Å². The van der Waals surface area contributed by atoms with Gasteiger partial charge in [-0.05, 0) is 18.3 Å². The highest BCUT2D eigenvalue weighted by Gasteiger charge is 2.37. The Labute approximate surface area is 88.8 Å². The summed E-state index contributed by atoms with van der Waals surface area (Å²) in [5.74, 6) is -1.07. The number of aliphatic carboxylic acids is 1. The number of carboxylic acids is 1. The Bertz CT molecular complexity index is 246. The first-order chi connectivity index (χ1) is 7.08. The molecule has 0 aromatic carbocycles. The SMILES string of the molecule is CONC(=O)CC1(CC(=O)O)CCCC1. The number of carbonyl (C=O) groups excluding carboxylic acids is 1. The molecule has 2 N–H and O–H groups in total. The van der Waals surface area contributed by atoms with Crippen molar-refractivity contribution < 1.29 is 19.5 Å². The van der Waals surface area contributed by atoms with Crippen LogP contribution in [-0.4, -0.2) is 24.1 Å². The van der Waals surface area contributed by atoms with Gasteiger partial charge in [0.2, 0.25) is 5.91 Å². The molecular weight excluding hydrogens is 198 g/mol. The van der Waals surface area contributed by atoms with Crippen LogP contribution in [-0.2, 0) is 14.4 Å².